The third-order valence-electron chi connectivity index (χ3n) is 9.91. The Morgan fingerprint density at radius 2 is 1.77 bits per heavy atom. The quantitative estimate of drug-likeness (QED) is 0.104. The van der Waals surface area contributed by atoms with E-state index in [1.54, 1.807) is 40.6 Å². The Balaban J connectivity index is 1.37. The van der Waals surface area contributed by atoms with Crippen LogP contribution in [0.25, 0.3) is 33.3 Å². The molecule has 0 fully saturated rings. The van der Waals surface area contributed by atoms with Gasteiger partial charge in [0.1, 0.15) is 11.8 Å². The summed E-state index contributed by atoms with van der Waals surface area (Å²) < 4.78 is 22.7. The molecule has 0 radical (unpaired) electrons. The molecular weight excluding hydrogens is 695 g/mol. The van der Waals surface area contributed by atoms with Gasteiger partial charge in [-0.05, 0) is 78.8 Å². The molecule has 2 heterocycles. The van der Waals surface area contributed by atoms with Crippen molar-refractivity contribution in [3.05, 3.63) is 74.9 Å². The largest absolute Gasteiger partial charge is 0.497 e. The first-order valence-electron chi connectivity index (χ1n) is 17.5. The molecular formula is C40H45N5O7S. The Kier molecular flexibility index (Phi) is 10.9. The molecule has 13 heteroatoms. The predicted molar refractivity (Wildman–Crippen MR) is 209 cm³/mol. The lowest BCUT2D eigenvalue weighted by atomic mass is 9.95. The maximum absolute atomic E-state index is 14.1. The average Bonchev–Trinajstić information content (AvgIpc) is 3.65. The standard InChI is InChI=1S/C40H45N5O7S/c1-9-20(2)36(39(48)45-40-44-31(19-53-40)34-21(3)41-29-14-11-24(49-5)17-27(29)34)43-30-15-12-25-26(18-32(30)47)28(42-22(4)46)13-10-23-16-33(50-6)37(51-7)38(52-8)35(23)25/h11-12,14-20,28,36,41H,9-10,13H2,1-8H3,(H,42,46)(H,43,47)(H,44,45,48)/t20-,28+,36+/m1/s1. The number of H-pyrrole nitrogens is 1. The zero-order chi connectivity index (χ0) is 38.0. The maximum Gasteiger partial charge on any atom is 0.248 e. The van der Waals surface area contributed by atoms with Crippen molar-refractivity contribution < 1.29 is 28.5 Å². The molecule has 278 valence electrons. The van der Waals surface area contributed by atoms with E-state index in [4.69, 9.17) is 23.9 Å². The lowest BCUT2D eigenvalue weighted by Gasteiger charge is -2.23. The number of ether oxygens (including phenoxy) is 4. The minimum Gasteiger partial charge on any atom is -0.497 e. The van der Waals surface area contributed by atoms with Crippen LogP contribution in [0.1, 0.15) is 56.5 Å². The second kappa shape index (κ2) is 15.6. The molecule has 0 bridgehead atoms. The number of nitrogens with one attached hydrogen (secondary N) is 4. The van der Waals surface area contributed by atoms with Crippen molar-refractivity contribution in [1.29, 1.82) is 0 Å². The van der Waals surface area contributed by atoms with Gasteiger partial charge in [0, 0.05) is 40.0 Å². The van der Waals surface area contributed by atoms with Crippen LogP contribution in [-0.2, 0) is 16.0 Å². The summed E-state index contributed by atoms with van der Waals surface area (Å²) >= 11 is 1.33. The summed E-state index contributed by atoms with van der Waals surface area (Å²) in [5, 5.41) is 12.6. The highest BCUT2D eigenvalue weighted by molar-refractivity contribution is 7.14. The van der Waals surface area contributed by atoms with Gasteiger partial charge in [0.05, 0.1) is 45.9 Å². The fraction of sp³-hybridized carbons (Fsp3) is 0.350. The minimum atomic E-state index is -0.765. The van der Waals surface area contributed by atoms with E-state index in [9.17, 15) is 14.4 Å². The fourth-order valence-corrected chi connectivity index (χ4v) is 7.79. The number of carbonyl (C=O) groups is 2. The first kappa shape index (κ1) is 37.2. The molecule has 1 aliphatic rings. The highest BCUT2D eigenvalue weighted by Gasteiger charge is 2.31. The molecule has 4 N–H and O–H groups in total. The van der Waals surface area contributed by atoms with E-state index >= 15 is 0 Å². The summed E-state index contributed by atoms with van der Waals surface area (Å²) in [7, 11) is 6.30. The van der Waals surface area contributed by atoms with Crippen molar-refractivity contribution in [1.82, 2.24) is 15.3 Å². The molecule has 0 spiro atoms. The monoisotopic (exact) mass is 739 g/mol. The Bertz CT molecular complexity index is 2250. The molecule has 0 unspecified atom stereocenters. The molecule has 3 atom stereocenters. The normalized spacial score (nSPS) is 14.6. The summed E-state index contributed by atoms with van der Waals surface area (Å²) in [5.41, 5.74) is 6.49. The van der Waals surface area contributed by atoms with Crippen LogP contribution < -0.4 is 40.3 Å². The first-order valence-corrected chi connectivity index (χ1v) is 18.4. The smallest absolute Gasteiger partial charge is 0.248 e. The van der Waals surface area contributed by atoms with Gasteiger partial charge in [0.2, 0.25) is 23.0 Å². The molecule has 2 amide bonds. The third kappa shape index (κ3) is 7.25. The van der Waals surface area contributed by atoms with E-state index in [2.05, 4.69) is 20.9 Å². The zero-order valence-corrected chi connectivity index (χ0v) is 32.0. The number of thiazole rings is 1. The topological polar surface area (TPSA) is 153 Å². The van der Waals surface area contributed by atoms with Gasteiger partial charge in [-0.3, -0.25) is 14.4 Å². The van der Waals surface area contributed by atoms with E-state index in [1.165, 1.54) is 18.3 Å². The van der Waals surface area contributed by atoms with E-state index in [1.807, 2.05) is 56.5 Å². The van der Waals surface area contributed by atoms with E-state index < -0.39 is 12.1 Å². The highest BCUT2D eigenvalue weighted by Crippen LogP contribution is 2.50. The Labute approximate surface area is 312 Å². The van der Waals surface area contributed by atoms with Crippen LogP contribution in [0.15, 0.2) is 52.6 Å². The fourth-order valence-electron chi connectivity index (χ4n) is 7.09. The summed E-state index contributed by atoms with van der Waals surface area (Å²) in [6.45, 7) is 7.40. The summed E-state index contributed by atoms with van der Waals surface area (Å²) in [5.74, 6) is 1.45. The van der Waals surface area contributed by atoms with Gasteiger partial charge in [-0.15, -0.1) is 11.3 Å². The van der Waals surface area contributed by atoms with Crippen LogP contribution in [0.4, 0.5) is 10.8 Å². The second-order valence-corrected chi connectivity index (χ2v) is 14.0. The number of carbonyl (C=O) groups excluding carboxylic acids is 2. The number of aromatic amines is 1. The maximum atomic E-state index is 14.1. The number of nitrogens with zero attached hydrogens (tertiary/aromatic N) is 1. The van der Waals surface area contributed by atoms with Gasteiger partial charge < -0.3 is 39.9 Å². The molecule has 0 aliphatic heterocycles. The van der Waals surface area contributed by atoms with Crippen LogP contribution in [0.5, 0.6) is 23.0 Å². The number of anilines is 2. The van der Waals surface area contributed by atoms with Crippen LogP contribution >= 0.6 is 11.3 Å². The van der Waals surface area contributed by atoms with E-state index in [0.29, 0.717) is 52.8 Å². The van der Waals surface area contributed by atoms with Crippen molar-refractivity contribution >= 4 is 44.9 Å². The highest BCUT2D eigenvalue weighted by atomic mass is 32.1. The Morgan fingerprint density at radius 1 is 1.00 bits per heavy atom. The molecule has 2 aromatic heterocycles. The summed E-state index contributed by atoms with van der Waals surface area (Å²) in [6, 6.07) is 11.6. The minimum absolute atomic E-state index is 0.148. The van der Waals surface area contributed by atoms with Crippen molar-refractivity contribution in [2.24, 2.45) is 5.92 Å². The van der Waals surface area contributed by atoms with Gasteiger partial charge in [0.15, 0.2) is 16.6 Å². The van der Waals surface area contributed by atoms with E-state index in [0.717, 1.165) is 44.7 Å². The number of rotatable bonds is 12. The van der Waals surface area contributed by atoms with Crippen molar-refractivity contribution in [2.45, 2.75) is 59.0 Å². The molecule has 5 aromatic rings. The number of aromatic nitrogens is 2. The Morgan fingerprint density at radius 3 is 2.45 bits per heavy atom. The third-order valence-corrected chi connectivity index (χ3v) is 10.7. The van der Waals surface area contributed by atoms with Crippen molar-refractivity contribution in [2.75, 3.05) is 39.1 Å². The molecule has 12 nitrogen and oxygen atoms in total. The molecule has 0 saturated heterocycles. The number of benzene rings is 2. The average molecular weight is 740 g/mol. The second-order valence-electron chi connectivity index (χ2n) is 13.2. The number of amides is 2. The van der Waals surface area contributed by atoms with E-state index in [-0.39, 0.29) is 28.8 Å². The number of fused-ring (bicyclic) bond motifs is 4. The first-order chi connectivity index (χ1) is 25.5. The van der Waals surface area contributed by atoms with Crippen LogP contribution in [0.2, 0.25) is 0 Å². The number of hydrogen-bond acceptors (Lipinski definition) is 10. The molecule has 6 rings (SSSR count). The van der Waals surface area contributed by atoms with Gasteiger partial charge in [-0.1, -0.05) is 26.3 Å². The lowest BCUT2D eigenvalue weighted by molar-refractivity contribution is -0.120. The molecule has 0 saturated carbocycles. The van der Waals surface area contributed by atoms with Crippen molar-refractivity contribution in [3.63, 3.8) is 0 Å². The number of aryl methyl sites for hydroxylation is 2. The summed E-state index contributed by atoms with van der Waals surface area (Å²) in [4.78, 5) is 48.6. The number of methoxy groups -OCH3 is 4. The van der Waals surface area contributed by atoms with Gasteiger partial charge >= 0.3 is 0 Å². The summed E-state index contributed by atoms with van der Waals surface area (Å²) in [6.07, 6.45) is 1.78. The molecule has 1 aliphatic carbocycles. The van der Waals surface area contributed by atoms with Gasteiger partial charge in [-0.2, -0.15) is 0 Å². The van der Waals surface area contributed by atoms with Gasteiger partial charge in [-0.25, -0.2) is 4.98 Å². The Hall–Kier alpha value is -5.56. The SMILES string of the molecule is CC[C@@H](C)[C@H](Nc1ccc2c(cc1=O)[C@@H](NC(C)=O)CCc1cc(OC)c(OC)c(OC)c1-2)C(=O)Nc1nc(-c2c(C)[nH]c3ccc(OC)cc23)cs1. The predicted octanol–water partition coefficient (Wildman–Crippen LogP) is 7.25. The molecule has 3 aromatic carbocycles. The van der Waals surface area contributed by atoms with Crippen LogP contribution in [0, 0.1) is 12.8 Å². The van der Waals surface area contributed by atoms with Crippen molar-refractivity contribution in [3.8, 4) is 45.4 Å². The zero-order valence-electron chi connectivity index (χ0n) is 31.2. The lowest BCUT2D eigenvalue weighted by Crippen LogP contribution is -2.40. The number of hydrogen-bond donors (Lipinski definition) is 4. The van der Waals surface area contributed by atoms with Crippen LogP contribution in [0.3, 0.4) is 0 Å². The van der Waals surface area contributed by atoms with Gasteiger partial charge in [0.25, 0.3) is 0 Å². The molecule has 53 heavy (non-hydrogen) atoms. The van der Waals surface area contributed by atoms with Crippen LogP contribution in [-0.4, -0.2) is 56.3 Å².